The van der Waals surface area contributed by atoms with Gasteiger partial charge in [-0.2, -0.15) is 0 Å². The molecular formula is C8H16N2. The van der Waals surface area contributed by atoms with Crippen LogP contribution in [0.5, 0.6) is 0 Å². The molecule has 1 aliphatic heterocycles. The molecule has 1 spiro atoms. The minimum atomic E-state index is 0.440. The second-order valence-corrected chi connectivity index (χ2v) is 3.81. The van der Waals surface area contributed by atoms with Gasteiger partial charge in [0.05, 0.1) is 0 Å². The highest BCUT2D eigenvalue weighted by atomic mass is 15.0. The highest BCUT2D eigenvalue weighted by Crippen LogP contribution is 2.41. The van der Waals surface area contributed by atoms with Gasteiger partial charge in [0.25, 0.3) is 0 Å². The maximum Gasteiger partial charge on any atom is 0.0234 e. The van der Waals surface area contributed by atoms with E-state index >= 15 is 0 Å². The molecule has 2 fully saturated rings. The molecular weight excluding hydrogens is 124 g/mol. The van der Waals surface area contributed by atoms with Crippen molar-refractivity contribution in [2.75, 3.05) is 13.1 Å². The van der Waals surface area contributed by atoms with Gasteiger partial charge in [-0.1, -0.05) is 12.8 Å². The zero-order chi connectivity index (χ0) is 7.03. The van der Waals surface area contributed by atoms with Gasteiger partial charge < -0.3 is 11.1 Å². The van der Waals surface area contributed by atoms with Gasteiger partial charge in [-0.05, 0) is 18.3 Å². The molecule has 0 radical (unpaired) electrons. The zero-order valence-electron chi connectivity index (χ0n) is 6.40. The van der Waals surface area contributed by atoms with Crippen molar-refractivity contribution in [3.8, 4) is 0 Å². The van der Waals surface area contributed by atoms with E-state index in [0.29, 0.717) is 11.5 Å². The van der Waals surface area contributed by atoms with Gasteiger partial charge >= 0.3 is 0 Å². The van der Waals surface area contributed by atoms with Gasteiger partial charge in [0, 0.05) is 19.1 Å². The van der Waals surface area contributed by atoms with Crippen molar-refractivity contribution < 1.29 is 0 Å². The molecule has 1 atom stereocenters. The van der Waals surface area contributed by atoms with Gasteiger partial charge in [0.15, 0.2) is 0 Å². The van der Waals surface area contributed by atoms with Crippen molar-refractivity contribution in [1.29, 1.82) is 0 Å². The van der Waals surface area contributed by atoms with E-state index in [1.54, 1.807) is 0 Å². The summed E-state index contributed by atoms with van der Waals surface area (Å²) >= 11 is 0. The fourth-order valence-electron chi connectivity index (χ4n) is 2.45. The maximum absolute atomic E-state index is 6.01. The van der Waals surface area contributed by atoms with E-state index in [4.69, 9.17) is 5.73 Å². The Morgan fingerprint density at radius 2 is 2.00 bits per heavy atom. The molecule has 0 aromatic rings. The van der Waals surface area contributed by atoms with Crippen molar-refractivity contribution in [2.24, 2.45) is 11.1 Å². The smallest absolute Gasteiger partial charge is 0.0234 e. The molecule has 1 saturated heterocycles. The van der Waals surface area contributed by atoms with E-state index in [2.05, 4.69) is 5.32 Å². The molecule has 1 saturated carbocycles. The number of nitrogens with two attached hydrogens (primary N) is 1. The van der Waals surface area contributed by atoms with Crippen molar-refractivity contribution >= 4 is 0 Å². The van der Waals surface area contributed by atoms with Crippen molar-refractivity contribution in [1.82, 2.24) is 5.32 Å². The Morgan fingerprint density at radius 3 is 2.50 bits per heavy atom. The molecule has 2 heteroatoms. The molecule has 0 bridgehead atoms. The van der Waals surface area contributed by atoms with Crippen LogP contribution in [0.4, 0.5) is 0 Å². The minimum absolute atomic E-state index is 0.440. The van der Waals surface area contributed by atoms with E-state index in [-0.39, 0.29) is 0 Å². The predicted octanol–water partition coefficient (Wildman–Crippen LogP) is 0.477. The van der Waals surface area contributed by atoms with Gasteiger partial charge in [0.2, 0.25) is 0 Å². The lowest BCUT2D eigenvalue weighted by Crippen LogP contribution is -2.38. The van der Waals surface area contributed by atoms with Gasteiger partial charge in [0.1, 0.15) is 0 Å². The Balaban J connectivity index is 2.11. The van der Waals surface area contributed by atoms with Crippen LogP contribution in [0.15, 0.2) is 0 Å². The van der Waals surface area contributed by atoms with Crippen LogP contribution < -0.4 is 11.1 Å². The van der Waals surface area contributed by atoms with Crippen LogP contribution in [0.2, 0.25) is 0 Å². The van der Waals surface area contributed by atoms with E-state index in [1.807, 2.05) is 0 Å². The average molecular weight is 140 g/mol. The highest BCUT2D eigenvalue weighted by molar-refractivity contribution is 5.00. The summed E-state index contributed by atoms with van der Waals surface area (Å²) < 4.78 is 0. The molecule has 0 amide bonds. The van der Waals surface area contributed by atoms with Crippen molar-refractivity contribution in [2.45, 2.75) is 31.7 Å². The first-order valence-electron chi connectivity index (χ1n) is 4.30. The summed E-state index contributed by atoms with van der Waals surface area (Å²) in [4.78, 5) is 0. The normalized spacial score (nSPS) is 37.5. The van der Waals surface area contributed by atoms with Gasteiger partial charge in [-0.3, -0.25) is 0 Å². The molecule has 58 valence electrons. The molecule has 1 aliphatic carbocycles. The Labute approximate surface area is 62.2 Å². The Bertz CT molecular complexity index is 122. The molecule has 1 unspecified atom stereocenters. The molecule has 0 aromatic heterocycles. The standard InChI is InChI=1S/C8H16N2/c9-7-5-10-6-8(7)3-1-2-4-8/h7,10H,1-6,9H2. The van der Waals surface area contributed by atoms with E-state index in [1.165, 1.54) is 32.2 Å². The van der Waals surface area contributed by atoms with Crippen LogP contribution in [-0.2, 0) is 0 Å². The Morgan fingerprint density at radius 1 is 1.30 bits per heavy atom. The van der Waals surface area contributed by atoms with E-state index in [9.17, 15) is 0 Å². The summed E-state index contributed by atoms with van der Waals surface area (Å²) in [6, 6.07) is 0.440. The van der Waals surface area contributed by atoms with Crippen LogP contribution in [0.1, 0.15) is 25.7 Å². The number of hydrogen-bond acceptors (Lipinski definition) is 2. The summed E-state index contributed by atoms with van der Waals surface area (Å²) in [5.41, 5.74) is 6.53. The topological polar surface area (TPSA) is 38.0 Å². The average Bonchev–Trinajstić information content (AvgIpc) is 2.48. The highest BCUT2D eigenvalue weighted by Gasteiger charge is 2.42. The fraction of sp³-hybridized carbons (Fsp3) is 1.00. The van der Waals surface area contributed by atoms with Crippen LogP contribution in [-0.4, -0.2) is 19.1 Å². The van der Waals surface area contributed by atoms with Crippen LogP contribution in [0.3, 0.4) is 0 Å². The van der Waals surface area contributed by atoms with Crippen LogP contribution in [0.25, 0.3) is 0 Å². The first-order valence-corrected chi connectivity index (χ1v) is 4.30. The van der Waals surface area contributed by atoms with Crippen molar-refractivity contribution in [3.63, 3.8) is 0 Å². The first-order chi connectivity index (χ1) is 4.83. The molecule has 1 heterocycles. The number of rotatable bonds is 0. The predicted molar refractivity (Wildman–Crippen MR) is 41.7 cm³/mol. The van der Waals surface area contributed by atoms with Crippen molar-refractivity contribution in [3.05, 3.63) is 0 Å². The Kier molecular flexibility index (Phi) is 1.46. The molecule has 2 aliphatic rings. The fourth-order valence-corrected chi connectivity index (χ4v) is 2.45. The summed E-state index contributed by atoms with van der Waals surface area (Å²) in [5.74, 6) is 0. The lowest BCUT2D eigenvalue weighted by Gasteiger charge is -2.26. The van der Waals surface area contributed by atoms with Crippen LogP contribution >= 0.6 is 0 Å². The van der Waals surface area contributed by atoms with Gasteiger partial charge in [-0.15, -0.1) is 0 Å². The number of hydrogen-bond donors (Lipinski definition) is 2. The summed E-state index contributed by atoms with van der Waals surface area (Å²) in [6.07, 6.45) is 5.52. The molecule has 2 rings (SSSR count). The maximum atomic E-state index is 6.01. The molecule has 0 aromatic carbocycles. The zero-order valence-corrected chi connectivity index (χ0v) is 6.40. The molecule has 3 N–H and O–H groups in total. The number of nitrogens with one attached hydrogen (secondary N) is 1. The Hall–Kier alpha value is -0.0800. The quantitative estimate of drug-likeness (QED) is 0.513. The summed E-state index contributed by atoms with van der Waals surface area (Å²) in [7, 11) is 0. The van der Waals surface area contributed by atoms with E-state index < -0.39 is 0 Å². The first kappa shape index (κ1) is 6.62. The second kappa shape index (κ2) is 2.21. The summed E-state index contributed by atoms with van der Waals surface area (Å²) in [6.45, 7) is 2.22. The second-order valence-electron chi connectivity index (χ2n) is 3.81. The SMILES string of the molecule is NC1CNCC12CCCC2. The molecule has 10 heavy (non-hydrogen) atoms. The third-order valence-corrected chi connectivity index (χ3v) is 3.23. The lowest BCUT2D eigenvalue weighted by atomic mass is 9.82. The van der Waals surface area contributed by atoms with E-state index in [0.717, 1.165) is 6.54 Å². The lowest BCUT2D eigenvalue weighted by molar-refractivity contribution is 0.296. The van der Waals surface area contributed by atoms with Crippen LogP contribution in [0, 0.1) is 5.41 Å². The van der Waals surface area contributed by atoms with Gasteiger partial charge in [-0.25, -0.2) is 0 Å². The monoisotopic (exact) mass is 140 g/mol. The minimum Gasteiger partial charge on any atom is -0.326 e. The summed E-state index contributed by atoms with van der Waals surface area (Å²) in [5, 5.41) is 3.38. The molecule has 2 nitrogen and oxygen atoms in total. The third-order valence-electron chi connectivity index (χ3n) is 3.23. The third kappa shape index (κ3) is 0.789. The largest absolute Gasteiger partial charge is 0.326 e.